The zero-order valence-electron chi connectivity index (χ0n) is 16.1. The Morgan fingerprint density at radius 3 is 2.12 bits per heavy atom. The number of benzene rings is 1. The van der Waals surface area contributed by atoms with Crippen LogP contribution in [0.3, 0.4) is 0 Å². The van der Waals surface area contributed by atoms with E-state index >= 15 is 0 Å². The van der Waals surface area contributed by atoms with Gasteiger partial charge in [0.1, 0.15) is 0 Å². The monoisotopic (exact) mass is 362 g/mol. The van der Waals surface area contributed by atoms with Crippen LogP contribution in [0.15, 0.2) is 24.3 Å². The highest BCUT2D eigenvalue weighted by molar-refractivity contribution is 5.33. The van der Waals surface area contributed by atoms with Crippen LogP contribution in [0.1, 0.15) is 76.7 Å². The third-order valence-corrected chi connectivity index (χ3v) is 6.54. The van der Waals surface area contributed by atoms with Gasteiger partial charge in [-0.25, -0.2) is 4.39 Å². The van der Waals surface area contributed by atoms with Gasteiger partial charge >= 0.3 is 0 Å². The third-order valence-electron chi connectivity index (χ3n) is 6.54. The molecule has 2 fully saturated rings. The van der Waals surface area contributed by atoms with Crippen molar-refractivity contribution in [3.63, 3.8) is 0 Å². The fourth-order valence-electron chi connectivity index (χ4n) is 5.11. The first kappa shape index (κ1) is 19.4. The lowest BCUT2D eigenvalue weighted by molar-refractivity contribution is 0.170. The molecule has 1 aromatic rings. The van der Waals surface area contributed by atoms with Gasteiger partial charge in [-0.3, -0.25) is 0 Å². The molecule has 3 rings (SSSR count). The van der Waals surface area contributed by atoms with Crippen molar-refractivity contribution in [2.45, 2.75) is 71.1 Å². The minimum absolute atomic E-state index is 0.0281. The van der Waals surface area contributed by atoms with E-state index in [1.165, 1.54) is 25.7 Å². The standard InChI is InChI=1S/C23H32F2O/c1-3-5-16-6-8-17(9-7-16)18-10-12-19(13-11-18)20-14-15-21(26-4-2)23(25)22(20)24/h3,5,14-19H,4,6-13H2,1-2H3/b5-3+/t16-,17-,18-,19-. The molecule has 0 amide bonds. The van der Waals surface area contributed by atoms with Gasteiger partial charge in [-0.2, -0.15) is 4.39 Å². The van der Waals surface area contributed by atoms with Crippen molar-refractivity contribution < 1.29 is 13.5 Å². The Morgan fingerprint density at radius 2 is 1.54 bits per heavy atom. The van der Waals surface area contributed by atoms with Crippen molar-refractivity contribution in [3.8, 4) is 5.75 Å². The maximum absolute atomic E-state index is 14.5. The summed E-state index contributed by atoms with van der Waals surface area (Å²) in [4.78, 5) is 0. The second-order valence-electron chi connectivity index (χ2n) is 8.03. The molecule has 2 saturated carbocycles. The molecule has 0 atom stereocenters. The van der Waals surface area contributed by atoms with Crippen LogP contribution in [-0.2, 0) is 0 Å². The summed E-state index contributed by atoms with van der Waals surface area (Å²) in [6.07, 6.45) is 14.1. The average Bonchev–Trinajstić information content (AvgIpc) is 2.67. The molecule has 2 aliphatic rings. The van der Waals surface area contributed by atoms with E-state index in [0.717, 1.165) is 43.4 Å². The van der Waals surface area contributed by atoms with Crippen molar-refractivity contribution in [1.82, 2.24) is 0 Å². The van der Waals surface area contributed by atoms with E-state index in [0.29, 0.717) is 12.2 Å². The van der Waals surface area contributed by atoms with Crippen LogP contribution < -0.4 is 4.74 Å². The second-order valence-corrected chi connectivity index (χ2v) is 8.03. The number of hydrogen-bond donors (Lipinski definition) is 0. The van der Waals surface area contributed by atoms with E-state index < -0.39 is 11.6 Å². The number of rotatable bonds is 5. The quantitative estimate of drug-likeness (QED) is 0.511. The molecule has 144 valence electrons. The van der Waals surface area contributed by atoms with Gasteiger partial charge in [0, 0.05) is 0 Å². The van der Waals surface area contributed by atoms with Gasteiger partial charge in [-0.05, 0) is 101 Å². The SMILES string of the molecule is C/C=C/[C@H]1CC[C@H]([C@H]2CC[C@H](c3ccc(OCC)c(F)c3F)CC2)CC1. The first-order valence-electron chi connectivity index (χ1n) is 10.4. The summed E-state index contributed by atoms with van der Waals surface area (Å²) in [5, 5.41) is 0. The molecule has 3 heteroatoms. The van der Waals surface area contributed by atoms with E-state index in [1.54, 1.807) is 19.1 Å². The van der Waals surface area contributed by atoms with Crippen molar-refractivity contribution in [2.24, 2.45) is 17.8 Å². The Labute approximate surface area is 156 Å². The Morgan fingerprint density at radius 1 is 0.923 bits per heavy atom. The smallest absolute Gasteiger partial charge is 0.200 e. The summed E-state index contributed by atoms with van der Waals surface area (Å²) in [5.41, 5.74) is 0.543. The third kappa shape index (κ3) is 4.29. The Hall–Kier alpha value is -1.38. The Balaban J connectivity index is 1.57. The molecule has 0 aliphatic heterocycles. The van der Waals surface area contributed by atoms with E-state index in [4.69, 9.17) is 4.74 Å². The summed E-state index contributed by atoms with van der Waals surface area (Å²) >= 11 is 0. The van der Waals surface area contributed by atoms with Crippen LogP contribution in [0.25, 0.3) is 0 Å². The molecule has 2 aliphatic carbocycles. The number of halogens is 2. The minimum Gasteiger partial charge on any atom is -0.491 e. The Kier molecular flexibility index (Phi) is 6.72. The Bertz CT molecular complexity index is 609. The molecule has 0 N–H and O–H groups in total. The van der Waals surface area contributed by atoms with Gasteiger partial charge in [0.25, 0.3) is 0 Å². The molecule has 0 saturated heterocycles. The zero-order valence-corrected chi connectivity index (χ0v) is 16.1. The zero-order chi connectivity index (χ0) is 18.5. The summed E-state index contributed by atoms with van der Waals surface area (Å²) in [6.45, 7) is 4.23. The van der Waals surface area contributed by atoms with Gasteiger partial charge < -0.3 is 4.74 Å². The molecule has 1 aromatic carbocycles. The largest absolute Gasteiger partial charge is 0.491 e. The van der Waals surface area contributed by atoms with Crippen LogP contribution in [0, 0.1) is 29.4 Å². The topological polar surface area (TPSA) is 9.23 Å². The number of allylic oxidation sites excluding steroid dienone is 2. The molecule has 0 bridgehead atoms. The molecule has 1 nitrogen and oxygen atoms in total. The highest BCUT2D eigenvalue weighted by Crippen LogP contribution is 2.45. The van der Waals surface area contributed by atoms with Gasteiger partial charge in [0.05, 0.1) is 6.61 Å². The van der Waals surface area contributed by atoms with Gasteiger partial charge in [-0.1, -0.05) is 18.2 Å². The summed E-state index contributed by atoms with van der Waals surface area (Å²) in [6, 6.07) is 3.32. The predicted octanol–water partition coefficient (Wildman–Crippen LogP) is 7.02. The van der Waals surface area contributed by atoms with E-state index in [-0.39, 0.29) is 11.7 Å². The van der Waals surface area contributed by atoms with Crippen molar-refractivity contribution in [2.75, 3.05) is 6.61 Å². The maximum atomic E-state index is 14.5. The number of hydrogen-bond acceptors (Lipinski definition) is 1. The van der Waals surface area contributed by atoms with E-state index in [9.17, 15) is 8.78 Å². The van der Waals surface area contributed by atoms with Crippen LogP contribution in [0.2, 0.25) is 0 Å². The summed E-state index contributed by atoms with van der Waals surface area (Å²) in [7, 11) is 0. The molecule has 0 aromatic heterocycles. The number of ether oxygens (including phenoxy) is 1. The molecule has 26 heavy (non-hydrogen) atoms. The normalized spacial score (nSPS) is 29.8. The molecule has 0 unspecified atom stereocenters. The first-order valence-corrected chi connectivity index (χ1v) is 10.4. The lowest BCUT2D eigenvalue weighted by Gasteiger charge is -2.37. The highest BCUT2D eigenvalue weighted by Gasteiger charge is 2.32. The molecular formula is C23H32F2O. The predicted molar refractivity (Wildman–Crippen MR) is 102 cm³/mol. The van der Waals surface area contributed by atoms with Gasteiger partial charge in [-0.15, -0.1) is 0 Å². The molecular weight excluding hydrogens is 330 g/mol. The fraction of sp³-hybridized carbons (Fsp3) is 0.652. The molecule has 0 heterocycles. The second kappa shape index (κ2) is 9.01. The van der Waals surface area contributed by atoms with Gasteiger partial charge in [0.15, 0.2) is 11.6 Å². The molecule has 0 spiro atoms. The van der Waals surface area contributed by atoms with Crippen molar-refractivity contribution in [3.05, 3.63) is 41.5 Å². The van der Waals surface area contributed by atoms with Crippen LogP contribution in [0.5, 0.6) is 5.75 Å². The van der Waals surface area contributed by atoms with E-state index in [1.807, 2.05) is 0 Å². The lowest BCUT2D eigenvalue weighted by atomic mass is 9.68. The van der Waals surface area contributed by atoms with Crippen LogP contribution in [0.4, 0.5) is 8.78 Å². The average molecular weight is 363 g/mol. The summed E-state index contributed by atoms with van der Waals surface area (Å²) < 4.78 is 33.8. The highest BCUT2D eigenvalue weighted by atomic mass is 19.2. The van der Waals surface area contributed by atoms with E-state index in [2.05, 4.69) is 19.1 Å². The van der Waals surface area contributed by atoms with Crippen molar-refractivity contribution in [1.29, 1.82) is 0 Å². The van der Waals surface area contributed by atoms with Gasteiger partial charge in [0.2, 0.25) is 5.82 Å². The maximum Gasteiger partial charge on any atom is 0.200 e. The minimum atomic E-state index is -0.825. The van der Waals surface area contributed by atoms with Crippen LogP contribution in [-0.4, -0.2) is 6.61 Å². The molecule has 0 radical (unpaired) electrons. The van der Waals surface area contributed by atoms with Crippen LogP contribution >= 0.6 is 0 Å². The fourth-order valence-corrected chi connectivity index (χ4v) is 5.11. The lowest BCUT2D eigenvalue weighted by Crippen LogP contribution is -2.25. The summed E-state index contributed by atoms with van der Waals surface area (Å²) in [5.74, 6) is 1.03. The first-order chi connectivity index (χ1) is 12.6. The van der Waals surface area contributed by atoms with Crippen molar-refractivity contribution >= 4 is 0 Å².